The number of benzene rings is 1. The normalized spacial score (nSPS) is 12.9. The number of nitrogens with one attached hydrogen (secondary N) is 3. The van der Waals surface area contributed by atoms with Crippen LogP contribution >= 0.6 is 0 Å². The summed E-state index contributed by atoms with van der Waals surface area (Å²) in [6.45, 7) is 3.61. The van der Waals surface area contributed by atoms with Crippen molar-refractivity contribution in [1.82, 2.24) is 16.0 Å². The first-order valence-electron chi connectivity index (χ1n) is 8.06. The van der Waals surface area contributed by atoms with Crippen LogP contribution in [0.4, 0.5) is 9.18 Å². The van der Waals surface area contributed by atoms with E-state index in [9.17, 15) is 14.0 Å². The van der Waals surface area contributed by atoms with Crippen LogP contribution in [0.5, 0.6) is 0 Å². The number of hydrogen-bond acceptors (Lipinski definition) is 3. The van der Waals surface area contributed by atoms with E-state index in [1.807, 2.05) is 0 Å². The summed E-state index contributed by atoms with van der Waals surface area (Å²) >= 11 is 0. The van der Waals surface area contributed by atoms with E-state index in [0.29, 0.717) is 17.7 Å². The Labute approximate surface area is 145 Å². The van der Waals surface area contributed by atoms with Gasteiger partial charge >= 0.3 is 6.03 Å². The van der Waals surface area contributed by atoms with Gasteiger partial charge in [-0.15, -0.1) is 0 Å². The summed E-state index contributed by atoms with van der Waals surface area (Å²) in [5.74, 6) is -0.000881. The molecule has 25 heavy (non-hydrogen) atoms. The summed E-state index contributed by atoms with van der Waals surface area (Å²) in [4.78, 5) is 23.9. The van der Waals surface area contributed by atoms with Gasteiger partial charge in [-0.2, -0.15) is 0 Å². The number of carbonyl (C=O) groups is 2. The van der Waals surface area contributed by atoms with Gasteiger partial charge in [0.15, 0.2) is 0 Å². The fourth-order valence-electron chi connectivity index (χ4n) is 2.31. The van der Waals surface area contributed by atoms with E-state index in [1.165, 1.54) is 12.3 Å². The quantitative estimate of drug-likeness (QED) is 0.719. The first-order valence-corrected chi connectivity index (χ1v) is 8.06. The second-order valence-corrected chi connectivity index (χ2v) is 5.83. The molecule has 0 fully saturated rings. The highest BCUT2D eigenvalue weighted by atomic mass is 19.1. The number of furan rings is 1. The van der Waals surface area contributed by atoms with Gasteiger partial charge < -0.3 is 20.4 Å². The lowest BCUT2D eigenvalue weighted by Crippen LogP contribution is -2.50. The summed E-state index contributed by atoms with van der Waals surface area (Å²) in [6.07, 6.45) is 1.88. The zero-order chi connectivity index (χ0) is 18.2. The number of urea groups is 1. The number of halogens is 1. The molecule has 0 spiro atoms. The highest BCUT2D eigenvalue weighted by Crippen LogP contribution is 2.08. The molecule has 2 aromatic rings. The molecule has 1 aromatic carbocycles. The molecule has 3 amide bonds. The van der Waals surface area contributed by atoms with Crippen molar-refractivity contribution in [2.24, 2.45) is 0 Å². The van der Waals surface area contributed by atoms with Crippen LogP contribution in [-0.2, 0) is 17.8 Å². The van der Waals surface area contributed by atoms with E-state index in [-0.39, 0.29) is 24.3 Å². The lowest BCUT2D eigenvalue weighted by atomic mass is 10.1. The van der Waals surface area contributed by atoms with Crippen LogP contribution in [0.15, 0.2) is 47.1 Å². The SMILES string of the molecule is C[C@H](Cc1ccccc1F)NC(=O)N[C@H](C)C(=O)NCc1ccco1. The Hall–Kier alpha value is -2.83. The molecule has 0 unspecified atom stereocenters. The molecule has 1 aromatic heterocycles. The van der Waals surface area contributed by atoms with E-state index in [0.717, 1.165) is 0 Å². The predicted molar refractivity (Wildman–Crippen MR) is 91.3 cm³/mol. The third-order valence-electron chi connectivity index (χ3n) is 3.62. The van der Waals surface area contributed by atoms with Gasteiger partial charge in [0.1, 0.15) is 17.6 Å². The monoisotopic (exact) mass is 347 g/mol. The maximum atomic E-state index is 13.6. The second kappa shape index (κ2) is 8.86. The lowest BCUT2D eigenvalue weighted by molar-refractivity contribution is -0.122. The third-order valence-corrected chi connectivity index (χ3v) is 3.62. The van der Waals surface area contributed by atoms with E-state index in [4.69, 9.17) is 4.42 Å². The molecule has 0 saturated carbocycles. The van der Waals surface area contributed by atoms with Crippen molar-refractivity contribution >= 4 is 11.9 Å². The molecule has 7 heteroatoms. The van der Waals surface area contributed by atoms with Crippen molar-refractivity contribution in [3.63, 3.8) is 0 Å². The van der Waals surface area contributed by atoms with Gasteiger partial charge in [-0.1, -0.05) is 18.2 Å². The zero-order valence-electron chi connectivity index (χ0n) is 14.2. The van der Waals surface area contributed by atoms with Crippen LogP contribution in [0.2, 0.25) is 0 Å². The minimum atomic E-state index is -0.712. The number of hydrogen-bond donors (Lipinski definition) is 3. The average molecular weight is 347 g/mol. The number of amides is 3. The van der Waals surface area contributed by atoms with Crippen LogP contribution in [0.1, 0.15) is 25.2 Å². The van der Waals surface area contributed by atoms with Gasteiger partial charge in [0.25, 0.3) is 0 Å². The summed E-state index contributed by atoms with van der Waals surface area (Å²) in [7, 11) is 0. The molecule has 0 saturated heterocycles. The summed E-state index contributed by atoms with van der Waals surface area (Å²) in [5.41, 5.74) is 0.527. The third kappa shape index (κ3) is 5.95. The topological polar surface area (TPSA) is 83.4 Å². The highest BCUT2D eigenvalue weighted by molar-refractivity contribution is 5.86. The molecule has 0 aliphatic heterocycles. The van der Waals surface area contributed by atoms with Gasteiger partial charge in [-0.3, -0.25) is 4.79 Å². The zero-order valence-corrected chi connectivity index (χ0v) is 14.2. The second-order valence-electron chi connectivity index (χ2n) is 5.83. The van der Waals surface area contributed by atoms with E-state index in [2.05, 4.69) is 16.0 Å². The first kappa shape index (κ1) is 18.5. The molecule has 2 atom stereocenters. The van der Waals surface area contributed by atoms with Crippen LogP contribution in [-0.4, -0.2) is 24.0 Å². The molecule has 1 heterocycles. The molecule has 3 N–H and O–H groups in total. The average Bonchev–Trinajstić information content (AvgIpc) is 3.08. The molecular formula is C18H22FN3O3. The minimum Gasteiger partial charge on any atom is -0.467 e. The summed E-state index contributed by atoms with van der Waals surface area (Å²) in [5, 5.41) is 7.92. The van der Waals surface area contributed by atoms with Crippen LogP contribution in [0.25, 0.3) is 0 Å². The molecule has 6 nitrogen and oxygen atoms in total. The Morgan fingerprint density at radius 1 is 1.12 bits per heavy atom. The summed E-state index contributed by atoms with van der Waals surface area (Å²) < 4.78 is 18.7. The van der Waals surface area contributed by atoms with Crippen molar-refractivity contribution in [1.29, 1.82) is 0 Å². The Morgan fingerprint density at radius 3 is 2.56 bits per heavy atom. The van der Waals surface area contributed by atoms with Crippen molar-refractivity contribution < 1.29 is 18.4 Å². The van der Waals surface area contributed by atoms with E-state index < -0.39 is 12.1 Å². The van der Waals surface area contributed by atoms with E-state index in [1.54, 1.807) is 44.2 Å². The van der Waals surface area contributed by atoms with Crippen LogP contribution < -0.4 is 16.0 Å². The number of carbonyl (C=O) groups excluding carboxylic acids is 2. The fraction of sp³-hybridized carbons (Fsp3) is 0.333. The maximum absolute atomic E-state index is 13.6. The molecule has 134 valence electrons. The van der Waals surface area contributed by atoms with Crippen molar-refractivity contribution in [3.8, 4) is 0 Å². The smallest absolute Gasteiger partial charge is 0.315 e. The predicted octanol–water partition coefficient (Wildman–Crippen LogP) is 2.35. The van der Waals surface area contributed by atoms with Gasteiger partial charge in [0.2, 0.25) is 5.91 Å². The van der Waals surface area contributed by atoms with Gasteiger partial charge in [-0.05, 0) is 44.0 Å². The maximum Gasteiger partial charge on any atom is 0.315 e. The van der Waals surface area contributed by atoms with Crippen molar-refractivity contribution in [2.45, 2.75) is 38.9 Å². The molecule has 2 rings (SSSR count). The Kier molecular flexibility index (Phi) is 6.56. The molecule has 0 bridgehead atoms. The van der Waals surface area contributed by atoms with Gasteiger partial charge in [-0.25, -0.2) is 9.18 Å². The van der Waals surface area contributed by atoms with E-state index >= 15 is 0 Å². The molecule has 0 radical (unpaired) electrons. The van der Waals surface area contributed by atoms with Crippen molar-refractivity contribution in [3.05, 3.63) is 59.8 Å². The number of rotatable bonds is 7. The minimum absolute atomic E-state index is 0.253. The first-order chi connectivity index (χ1) is 12.0. The van der Waals surface area contributed by atoms with Crippen molar-refractivity contribution in [2.75, 3.05) is 0 Å². The highest BCUT2D eigenvalue weighted by Gasteiger charge is 2.17. The Morgan fingerprint density at radius 2 is 1.88 bits per heavy atom. The largest absolute Gasteiger partial charge is 0.467 e. The lowest BCUT2D eigenvalue weighted by Gasteiger charge is -2.18. The van der Waals surface area contributed by atoms with Crippen LogP contribution in [0.3, 0.4) is 0 Å². The molecule has 0 aliphatic carbocycles. The van der Waals surface area contributed by atoms with Gasteiger partial charge in [0, 0.05) is 6.04 Å². The Balaban J connectivity index is 1.74. The fourth-order valence-corrected chi connectivity index (χ4v) is 2.31. The Bertz CT molecular complexity index is 703. The van der Waals surface area contributed by atoms with Crippen LogP contribution in [0, 0.1) is 5.82 Å². The standard InChI is InChI=1S/C18H22FN3O3/c1-12(10-14-6-3-4-8-16(14)19)21-18(24)22-13(2)17(23)20-11-15-7-5-9-25-15/h3-9,12-13H,10-11H2,1-2H3,(H,20,23)(H2,21,22,24)/t12-,13-/m1/s1. The van der Waals surface area contributed by atoms with Gasteiger partial charge in [0.05, 0.1) is 12.8 Å². The summed E-state index contributed by atoms with van der Waals surface area (Å²) in [6, 6.07) is 8.42. The molecular weight excluding hydrogens is 325 g/mol. The molecule has 0 aliphatic rings.